The molecule has 7 nitrogen and oxygen atoms in total. The lowest BCUT2D eigenvalue weighted by atomic mass is 10.1. The van der Waals surface area contributed by atoms with Gasteiger partial charge in [-0.3, -0.25) is 0 Å². The Morgan fingerprint density at radius 2 is 1.94 bits per heavy atom. The summed E-state index contributed by atoms with van der Waals surface area (Å²) in [5.74, 6) is 1.57. The molecule has 3 aromatic heterocycles. The molecule has 1 aliphatic carbocycles. The number of pyridine rings is 2. The van der Waals surface area contributed by atoms with Gasteiger partial charge in [-0.25, -0.2) is 19.3 Å². The first kappa shape index (κ1) is 19.4. The van der Waals surface area contributed by atoms with Crippen molar-refractivity contribution < 1.29 is 13.9 Å². The minimum atomic E-state index is -0.287. The van der Waals surface area contributed by atoms with E-state index in [-0.39, 0.29) is 18.0 Å². The highest BCUT2D eigenvalue weighted by Crippen LogP contribution is 2.37. The molecule has 0 spiro atoms. The smallest absolute Gasteiger partial charge is 0.192 e. The number of aromatic hydroxyl groups is 1. The number of anilines is 1. The maximum atomic E-state index is 13.2. The Balaban J connectivity index is 1.26. The number of phenolic OH excluding ortho intramolecular Hbond substituents is 1. The van der Waals surface area contributed by atoms with Gasteiger partial charge in [-0.05, 0) is 49.6 Å². The van der Waals surface area contributed by atoms with Crippen LogP contribution in [0.2, 0.25) is 0 Å². The van der Waals surface area contributed by atoms with Gasteiger partial charge in [-0.15, -0.1) is 0 Å². The molecule has 2 N–H and O–H groups in total. The number of rotatable bonds is 5. The van der Waals surface area contributed by atoms with E-state index in [2.05, 4.69) is 15.2 Å². The van der Waals surface area contributed by atoms with Gasteiger partial charge >= 0.3 is 0 Å². The zero-order valence-electron chi connectivity index (χ0n) is 17.8. The molecule has 0 unspecified atom stereocenters. The van der Waals surface area contributed by atoms with E-state index in [0.29, 0.717) is 34.3 Å². The Hall–Kier alpha value is -3.26. The van der Waals surface area contributed by atoms with Gasteiger partial charge < -0.3 is 19.7 Å². The molecule has 0 amide bonds. The van der Waals surface area contributed by atoms with Crippen LogP contribution in [0.15, 0.2) is 40.8 Å². The molecule has 2 aliphatic rings. The molecule has 0 bridgehead atoms. The van der Waals surface area contributed by atoms with Crippen molar-refractivity contribution in [1.29, 1.82) is 0 Å². The molecule has 4 heterocycles. The Bertz CT molecular complexity index is 1330. The van der Waals surface area contributed by atoms with Crippen LogP contribution in [-0.4, -0.2) is 51.4 Å². The van der Waals surface area contributed by atoms with Crippen LogP contribution < -0.4 is 10.2 Å². The molecule has 8 heteroatoms. The van der Waals surface area contributed by atoms with Gasteiger partial charge in [0.25, 0.3) is 0 Å². The average molecular weight is 433 g/mol. The number of hydrogen-bond acceptors (Lipinski definition) is 7. The van der Waals surface area contributed by atoms with Gasteiger partial charge in [-0.1, -0.05) is 0 Å². The van der Waals surface area contributed by atoms with Crippen molar-refractivity contribution in [2.24, 2.45) is 0 Å². The van der Waals surface area contributed by atoms with Crippen LogP contribution in [0.5, 0.6) is 5.75 Å². The van der Waals surface area contributed by atoms with Gasteiger partial charge in [0, 0.05) is 43.2 Å². The summed E-state index contributed by atoms with van der Waals surface area (Å²) in [5, 5.41) is 14.0. The van der Waals surface area contributed by atoms with Gasteiger partial charge in [0.1, 0.15) is 23.8 Å². The Morgan fingerprint density at radius 3 is 2.75 bits per heavy atom. The quantitative estimate of drug-likeness (QED) is 0.489. The zero-order chi connectivity index (χ0) is 21.9. The number of nitrogens with zero attached hydrogens (tertiary/aromatic N) is 4. The van der Waals surface area contributed by atoms with Crippen molar-refractivity contribution in [3.63, 3.8) is 0 Å². The molecular weight excluding hydrogens is 409 g/mol. The van der Waals surface area contributed by atoms with E-state index in [0.717, 1.165) is 49.2 Å². The number of oxazole rings is 1. The predicted molar refractivity (Wildman–Crippen MR) is 121 cm³/mol. The number of aromatic nitrogens is 3. The second kappa shape index (κ2) is 7.13. The van der Waals surface area contributed by atoms with Crippen LogP contribution >= 0.6 is 0 Å². The second-order valence-corrected chi connectivity index (χ2v) is 8.96. The first-order valence-corrected chi connectivity index (χ1v) is 11.0. The topological polar surface area (TPSA) is 87.3 Å². The first-order valence-electron chi connectivity index (χ1n) is 11.0. The maximum Gasteiger partial charge on any atom is 0.192 e. The third-order valence-corrected chi connectivity index (χ3v) is 6.55. The predicted octanol–water partition coefficient (Wildman–Crippen LogP) is 4.12. The summed E-state index contributed by atoms with van der Waals surface area (Å²) in [6.07, 6.45) is 2.85. The van der Waals surface area contributed by atoms with Crippen molar-refractivity contribution in [1.82, 2.24) is 20.3 Å². The van der Waals surface area contributed by atoms with E-state index in [9.17, 15) is 9.50 Å². The lowest BCUT2D eigenvalue weighted by Crippen LogP contribution is -2.43. The minimum absolute atomic E-state index is 0.111. The fraction of sp³-hybridized carbons (Fsp3) is 0.375. The Morgan fingerprint density at radius 1 is 1.12 bits per heavy atom. The fourth-order valence-corrected chi connectivity index (χ4v) is 4.59. The third kappa shape index (κ3) is 3.35. The number of nitrogens with one attached hydrogen (secondary N) is 1. The van der Waals surface area contributed by atoms with Crippen molar-refractivity contribution in [3.05, 3.63) is 42.3 Å². The van der Waals surface area contributed by atoms with E-state index < -0.39 is 0 Å². The highest BCUT2D eigenvalue weighted by molar-refractivity contribution is 5.86. The molecule has 4 aromatic rings. The summed E-state index contributed by atoms with van der Waals surface area (Å²) in [6, 6.07) is 11.4. The average Bonchev–Trinajstić information content (AvgIpc) is 3.24. The fourth-order valence-electron chi connectivity index (χ4n) is 4.59. The minimum Gasteiger partial charge on any atom is -0.507 e. The number of phenols is 1. The number of alkyl halides is 1. The normalized spacial score (nSPS) is 19.8. The van der Waals surface area contributed by atoms with Gasteiger partial charge in [0.15, 0.2) is 11.5 Å². The summed E-state index contributed by atoms with van der Waals surface area (Å²) in [7, 11) is 0. The number of fused-ring (bicyclic) bond motifs is 2. The molecule has 0 radical (unpaired) electrons. The van der Waals surface area contributed by atoms with Crippen molar-refractivity contribution in [2.45, 2.75) is 37.8 Å². The number of halogens is 1. The first-order chi connectivity index (χ1) is 15.5. The van der Waals surface area contributed by atoms with E-state index in [1.165, 1.54) is 0 Å². The van der Waals surface area contributed by atoms with Gasteiger partial charge in [0.05, 0.1) is 16.7 Å². The lowest BCUT2D eigenvalue weighted by molar-refractivity contribution is 0.332. The molecule has 164 valence electrons. The standard InChI is InChI=1S/C24H24FN5O2/c1-14-26-20-11-21(31)16(10-22(20)32-14)17-2-3-19-18(27-17)4-5-23(28-19)30-9-6-15(12-30)29-24(13-25)7-8-24/h2-5,10-11,15,29,31H,6-9,12-13H2,1H3/t15-/m1/s1. The van der Waals surface area contributed by atoms with E-state index in [4.69, 9.17) is 14.4 Å². The van der Waals surface area contributed by atoms with Crippen LogP contribution in [0.25, 0.3) is 33.4 Å². The molecule has 1 aromatic carbocycles. The summed E-state index contributed by atoms with van der Waals surface area (Å²) in [4.78, 5) is 16.0. The molecule has 32 heavy (non-hydrogen) atoms. The van der Waals surface area contributed by atoms with Crippen molar-refractivity contribution in [2.75, 3.05) is 24.7 Å². The summed E-state index contributed by atoms with van der Waals surface area (Å²) >= 11 is 0. The molecule has 6 rings (SSSR count). The van der Waals surface area contributed by atoms with Crippen LogP contribution in [-0.2, 0) is 0 Å². The highest BCUT2D eigenvalue weighted by Gasteiger charge is 2.45. The third-order valence-electron chi connectivity index (χ3n) is 6.55. The molecule has 1 atom stereocenters. The highest BCUT2D eigenvalue weighted by atomic mass is 19.1. The SMILES string of the molecule is Cc1nc2cc(O)c(-c3ccc4nc(N5CC[C@@H](NC6(CF)CC6)C5)ccc4n3)cc2o1. The Labute approximate surface area is 184 Å². The molecule has 2 fully saturated rings. The largest absolute Gasteiger partial charge is 0.507 e. The summed E-state index contributed by atoms with van der Waals surface area (Å²) < 4.78 is 18.8. The maximum absolute atomic E-state index is 13.2. The second-order valence-electron chi connectivity index (χ2n) is 8.96. The van der Waals surface area contributed by atoms with Crippen LogP contribution in [0, 0.1) is 6.92 Å². The van der Waals surface area contributed by atoms with E-state index >= 15 is 0 Å². The van der Waals surface area contributed by atoms with Crippen molar-refractivity contribution in [3.8, 4) is 17.0 Å². The Kier molecular flexibility index (Phi) is 4.33. The van der Waals surface area contributed by atoms with Crippen LogP contribution in [0.3, 0.4) is 0 Å². The molecular formula is C24H24FN5O2. The van der Waals surface area contributed by atoms with Gasteiger partial charge in [-0.2, -0.15) is 0 Å². The van der Waals surface area contributed by atoms with E-state index in [1.807, 2.05) is 24.3 Å². The number of benzene rings is 1. The van der Waals surface area contributed by atoms with Crippen molar-refractivity contribution >= 4 is 28.0 Å². The van der Waals surface area contributed by atoms with Crippen LogP contribution in [0.4, 0.5) is 10.2 Å². The van der Waals surface area contributed by atoms with Crippen LogP contribution in [0.1, 0.15) is 25.2 Å². The molecule has 1 aliphatic heterocycles. The lowest BCUT2D eigenvalue weighted by Gasteiger charge is -2.21. The zero-order valence-corrected chi connectivity index (χ0v) is 17.8. The van der Waals surface area contributed by atoms with E-state index in [1.54, 1.807) is 19.1 Å². The number of aryl methyl sites for hydroxylation is 1. The molecule has 1 saturated carbocycles. The molecule has 1 saturated heterocycles. The van der Waals surface area contributed by atoms with Gasteiger partial charge in [0.2, 0.25) is 0 Å². The number of hydrogen-bond donors (Lipinski definition) is 2. The summed E-state index contributed by atoms with van der Waals surface area (Å²) in [6.45, 7) is 3.22. The summed E-state index contributed by atoms with van der Waals surface area (Å²) in [5.41, 5.74) is 3.75. The monoisotopic (exact) mass is 433 g/mol.